The molecular weight excluding hydrogens is 236 g/mol. The largest absolute Gasteiger partial charge is 0.381 e. The third-order valence-electron chi connectivity index (χ3n) is 3.58. The van der Waals surface area contributed by atoms with Gasteiger partial charge in [0.15, 0.2) is 0 Å². The molecule has 1 heterocycles. The van der Waals surface area contributed by atoms with Crippen LogP contribution in [0.15, 0.2) is 18.2 Å². The molecule has 1 aromatic carbocycles. The van der Waals surface area contributed by atoms with Gasteiger partial charge in [0.2, 0.25) is 0 Å². The van der Waals surface area contributed by atoms with E-state index in [1.54, 1.807) is 0 Å². The lowest BCUT2D eigenvalue weighted by molar-refractivity contribution is 0.0547. The Morgan fingerprint density at radius 2 is 1.83 bits per heavy atom. The van der Waals surface area contributed by atoms with Gasteiger partial charge in [-0.25, -0.2) is 8.78 Å². The van der Waals surface area contributed by atoms with Gasteiger partial charge < -0.3 is 10.1 Å². The number of hydrogen-bond donors (Lipinski definition) is 1. The number of hydrogen-bond acceptors (Lipinski definition) is 2. The molecule has 1 saturated heterocycles. The highest BCUT2D eigenvalue weighted by Crippen LogP contribution is 2.22. The van der Waals surface area contributed by atoms with Crippen LogP contribution in [-0.4, -0.2) is 26.3 Å². The summed E-state index contributed by atoms with van der Waals surface area (Å²) in [6.07, 6.45) is 2.66. The predicted octanol–water partition coefficient (Wildman–Crippen LogP) is 2.52. The van der Waals surface area contributed by atoms with Crippen molar-refractivity contribution in [2.45, 2.75) is 25.3 Å². The van der Waals surface area contributed by atoms with Crippen molar-refractivity contribution in [3.8, 4) is 0 Å². The average molecular weight is 255 g/mol. The van der Waals surface area contributed by atoms with Crippen molar-refractivity contribution >= 4 is 0 Å². The zero-order valence-electron chi connectivity index (χ0n) is 10.6. The van der Waals surface area contributed by atoms with Gasteiger partial charge >= 0.3 is 0 Å². The van der Waals surface area contributed by atoms with Gasteiger partial charge in [0.05, 0.1) is 0 Å². The first-order chi connectivity index (χ1) is 8.69. The molecule has 0 aromatic heterocycles. The van der Waals surface area contributed by atoms with Gasteiger partial charge in [0.25, 0.3) is 0 Å². The Bertz CT molecular complexity index is 371. The summed E-state index contributed by atoms with van der Waals surface area (Å²) < 4.78 is 31.6. The van der Waals surface area contributed by atoms with E-state index in [0.29, 0.717) is 17.9 Å². The Labute approximate surface area is 106 Å². The number of nitrogens with one attached hydrogen (secondary N) is 1. The molecule has 0 aliphatic carbocycles. The van der Waals surface area contributed by atoms with Gasteiger partial charge in [-0.15, -0.1) is 0 Å². The van der Waals surface area contributed by atoms with Gasteiger partial charge in [-0.3, -0.25) is 0 Å². The smallest absolute Gasteiger partial charge is 0.126 e. The van der Waals surface area contributed by atoms with E-state index >= 15 is 0 Å². The third-order valence-corrected chi connectivity index (χ3v) is 3.58. The Morgan fingerprint density at radius 3 is 2.39 bits per heavy atom. The van der Waals surface area contributed by atoms with Crippen LogP contribution < -0.4 is 5.32 Å². The molecule has 1 aliphatic rings. The molecule has 2 nitrogen and oxygen atoms in total. The Kier molecular flexibility index (Phi) is 4.66. The number of benzene rings is 1. The van der Waals surface area contributed by atoms with E-state index in [0.717, 1.165) is 32.1 Å². The van der Waals surface area contributed by atoms with Gasteiger partial charge in [-0.2, -0.15) is 0 Å². The lowest BCUT2D eigenvalue weighted by Crippen LogP contribution is -2.38. The van der Waals surface area contributed by atoms with Crippen LogP contribution in [-0.2, 0) is 11.2 Å². The molecule has 1 aromatic rings. The summed E-state index contributed by atoms with van der Waals surface area (Å²) >= 11 is 0. The number of likely N-dealkylation sites (N-methyl/N-ethyl adjacent to an activating group) is 1. The summed E-state index contributed by atoms with van der Waals surface area (Å²) in [7, 11) is 1.90. The standard InChI is InChI=1S/C14H19F2NO/c1-17-14(11-2-4-18-5-3-11)8-10-6-12(15)9-13(16)7-10/h6-7,9,11,14,17H,2-5,8H2,1H3. The first kappa shape index (κ1) is 13.4. The molecule has 0 spiro atoms. The second-order valence-electron chi connectivity index (χ2n) is 4.83. The fourth-order valence-corrected chi connectivity index (χ4v) is 2.61. The molecule has 0 radical (unpaired) electrons. The van der Waals surface area contributed by atoms with Gasteiger partial charge in [-0.05, 0) is 49.9 Å². The van der Waals surface area contributed by atoms with Crippen LogP contribution in [0.1, 0.15) is 18.4 Å². The molecule has 0 bridgehead atoms. The lowest BCUT2D eigenvalue weighted by atomic mass is 9.88. The minimum absolute atomic E-state index is 0.245. The minimum Gasteiger partial charge on any atom is -0.381 e. The fraction of sp³-hybridized carbons (Fsp3) is 0.571. The molecule has 0 saturated carbocycles. The number of rotatable bonds is 4. The highest BCUT2D eigenvalue weighted by Gasteiger charge is 2.23. The van der Waals surface area contributed by atoms with Gasteiger partial charge in [0.1, 0.15) is 11.6 Å². The summed E-state index contributed by atoms with van der Waals surface area (Å²) in [4.78, 5) is 0. The van der Waals surface area contributed by atoms with Crippen molar-refractivity contribution in [2.24, 2.45) is 5.92 Å². The highest BCUT2D eigenvalue weighted by atomic mass is 19.1. The first-order valence-electron chi connectivity index (χ1n) is 6.39. The minimum atomic E-state index is -0.508. The van der Waals surface area contributed by atoms with E-state index in [1.807, 2.05) is 7.05 Å². The van der Waals surface area contributed by atoms with E-state index in [1.165, 1.54) is 12.1 Å². The van der Waals surface area contributed by atoms with Crippen LogP contribution in [0.3, 0.4) is 0 Å². The summed E-state index contributed by atoms with van der Waals surface area (Å²) in [5.74, 6) is -0.506. The van der Waals surface area contributed by atoms with E-state index in [2.05, 4.69) is 5.32 Å². The van der Waals surface area contributed by atoms with Crippen LogP contribution in [0.4, 0.5) is 8.78 Å². The molecule has 4 heteroatoms. The zero-order chi connectivity index (χ0) is 13.0. The normalized spacial score (nSPS) is 18.8. The van der Waals surface area contributed by atoms with Crippen molar-refractivity contribution in [1.82, 2.24) is 5.32 Å². The fourth-order valence-electron chi connectivity index (χ4n) is 2.61. The lowest BCUT2D eigenvalue weighted by Gasteiger charge is -2.30. The third kappa shape index (κ3) is 3.50. The maximum Gasteiger partial charge on any atom is 0.126 e. The molecule has 1 N–H and O–H groups in total. The van der Waals surface area contributed by atoms with Crippen LogP contribution in [0, 0.1) is 17.6 Å². The van der Waals surface area contributed by atoms with Gasteiger partial charge in [-0.1, -0.05) is 0 Å². The molecule has 1 atom stereocenters. The molecular formula is C14H19F2NO. The Hall–Kier alpha value is -1.00. The molecule has 18 heavy (non-hydrogen) atoms. The predicted molar refractivity (Wildman–Crippen MR) is 66.5 cm³/mol. The summed E-state index contributed by atoms with van der Waals surface area (Å²) in [5, 5.41) is 3.26. The zero-order valence-corrected chi connectivity index (χ0v) is 10.6. The summed E-state index contributed by atoms with van der Waals surface area (Å²) in [6, 6.07) is 3.97. The van der Waals surface area contributed by atoms with Crippen molar-refractivity contribution in [2.75, 3.05) is 20.3 Å². The van der Waals surface area contributed by atoms with E-state index in [-0.39, 0.29) is 6.04 Å². The molecule has 2 rings (SSSR count). The Balaban J connectivity index is 2.04. The van der Waals surface area contributed by atoms with Crippen molar-refractivity contribution in [3.05, 3.63) is 35.4 Å². The van der Waals surface area contributed by atoms with E-state index in [4.69, 9.17) is 4.74 Å². The quantitative estimate of drug-likeness (QED) is 0.892. The van der Waals surface area contributed by atoms with Crippen molar-refractivity contribution in [3.63, 3.8) is 0 Å². The van der Waals surface area contributed by atoms with Crippen molar-refractivity contribution in [1.29, 1.82) is 0 Å². The maximum absolute atomic E-state index is 13.1. The number of halogens is 2. The highest BCUT2D eigenvalue weighted by molar-refractivity contribution is 5.19. The second kappa shape index (κ2) is 6.25. The summed E-state index contributed by atoms with van der Waals surface area (Å²) in [6.45, 7) is 1.56. The van der Waals surface area contributed by atoms with E-state index in [9.17, 15) is 8.78 Å². The second-order valence-corrected chi connectivity index (χ2v) is 4.83. The summed E-state index contributed by atoms with van der Waals surface area (Å²) in [5.41, 5.74) is 0.707. The monoisotopic (exact) mass is 255 g/mol. The molecule has 100 valence electrons. The molecule has 1 unspecified atom stereocenters. The topological polar surface area (TPSA) is 21.3 Å². The SMILES string of the molecule is CNC(Cc1cc(F)cc(F)c1)C1CCOCC1. The Morgan fingerprint density at radius 1 is 1.22 bits per heavy atom. The van der Waals surface area contributed by atoms with Gasteiger partial charge in [0, 0.05) is 25.3 Å². The molecule has 1 fully saturated rings. The average Bonchev–Trinajstić information content (AvgIpc) is 2.36. The van der Waals surface area contributed by atoms with Crippen LogP contribution in [0.2, 0.25) is 0 Å². The van der Waals surface area contributed by atoms with Crippen molar-refractivity contribution < 1.29 is 13.5 Å². The maximum atomic E-state index is 13.1. The molecule has 1 aliphatic heterocycles. The van der Waals surface area contributed by atoms with Crippen LogP contribution in [0.5, 0.6) is 0 Å². The van der Waals surface area contributed by atoms with E-state index < -0.39 is 11.6 Å². The van der Waals surface area contributed by atoms with Crippen LogP contribution >= 0.6 is 0 Å². The molecule has 0 amide bonds. The first-order valence-corrected chi connectivity index (χ1v) is 6.39. The number of ether oxygens (including phenoxy) is 1. The van der Waals surface area contributed by atoms with Crippen LogP contribution in [0.25, 0.3) is 0 Å².